The highest BCUT2D eigenvalue weighted by molar-refractivity contribution is 6.10. The van der Waals surface area contributed by atoms with Crippen molar-refractivity contribution >= 4 is 11.6 Å². The van der Waals surface area contributed by atoms with Crippen LogP contribution < -0.4 is 10.2 Å². The van der Waals surface area contributed by atoms with Gasteiger partial charge >= 0.3 is 6.18 Å². The second kappa shape index (κ2) is 9.36. The summed E-state index contributed by atoms with van der Waals surface area (Å²) in [6.45, 7) is 1.79. The van der Waals surface area contributed by atoms with E-state index >= 15 is 0 Å². The van der Waals surface area contributed by atoms with Crippen molar-refractivity contribution in [3.8, 4) is 0 Å². The zero-order chi connectivity index (χ0) is 28.4. The van der Waals surface area contributed by atoms with Crippen molar-refractivity contribution < 1.29 is 26.7 Å². The Kier molecular flexibility index (Phi) is 6.28. The zero-order valence-electron chi connectivity index (χ0n) is 22.2. The molecule has 40 heavy (non-hydrogen) atoms. The van der Waals surface area contributed by atoms with Gasteiger partial charge in [0.05, 0.1) is 12.1 Å². The Balaban J connectivity index is 1.35. The summed E-state index contributed by atoms with van der Waals surface area (Å²) in [5.41, 5.74) is -0.298. The minimum absolute atomic E-state index is 0.0425. The smallest absolute Gasteiger partial charge is 0.321 e. The Labute approximate surface area is 228 Å². The number of aryl methyl sites for hydroxylation is 1. The number of hydrogen-bond donors (Lipinski definition) is 1. The van der Waals surface area contributed by atoms with Gasteiger partial charge < -0.3 is 14.8 Å². The fourth-order valence-corrected chi connectivity index (χ4v) is 6.64. The lowest BCUT2D eigenvalue weighted by molar-refractivity contribution is -0.138. The molecule has 212 valence electrons. The molecule has 1 N–H and O–H groups in total. The van der Waals surface area contributed by atoms with Crippen LogP contribution in [0.2, 0.25) is 0 Å². The molecule has 0 radical (unpaired) electrons. The molecular weight excluding hydrogens is 529 g/mol. The predicted molar refractivity (Wildman–Crippen MR) is 138 cm³/mol. The molecule has 6 rings (SSSR count). The normalized spacial score (nSPS) is 23.4. The molecule has 6 nitrogen and oxygen atoms in total. The average Bonchev–Trinajstić information content (AvgIpc) is 3.61. The Bertz CT molecular complexity index is 1460. The number of amides is 1. The molecule has 0 bridgehead atoms. The van der Waals surface area contributed by atoms with Gasteiger partial charge in [-0.25, -0.2) is 8.78 Å². The van der Waals surface area contributed by atoms with Crippen molar-refractivity contribution in [2.24, 2.45) is 7.05 Å². The third-order valence-corrected chi connectivity index (χ3v) is 8.77. The molecule has 2 aliphatic heterocycles. The van der Waals surface area contributed by atoms with Gasteiger partial charge in [-0.15, -0.1) is 10.2 Å². The summed E-state index contributed by atoms with van der Waals surface area (Å²) in [6.07, 6.45) is -1.23. The quantitative estimate of drug-likeness (QED) is 0.371. The highest BCUT2D eigenvalue weighted by Crippen LogP contribution is 2.55. The number of nitrogens with one attached hydrogen (secondary N) is 1. The van der Waals surface area contributed by atoms with E-state index in [0.717, 1.165) is 12.8 Å². The number of alkyl halides is 5. The molecule has 0 spiro atoms. The van der Waals surface area contributed by atoms with E-state index in [0.29, 0.717) is 29.1 Å². The number of hydrogen-bond acceptors (Lipinski definition) is 4. The number of nitrogens with zero attached hydrogens (tertiary/aromatic N) is 4. The van der Waals surface area contributed by atoms with E-state index in [9.17, 15) is 26.7 Å². The van der Waals surface area contributed by atoms with Gasteiger partial charge in [0.15, 0.2) is 0 Å². The molecule has 1 aromatic heterocycles. The molecule has 11 heteroatoms. The summed E-state index contributed by atoms with van der Waals surface area (Å²) >= 11 is 0. The fourth-order valence-electron chi connectivity index (χ4n) is 6.64. The van der Waals surface area contributed by atoms with Crippen LogP contribution in [0.1, 0.15) is 83.5 Å². The fraction of sp³-hybridized carbons (Fsp3) is 0.483. The first-order valence-electron chi connectivity index (χ1n) is 13.5. The number of fused-ring (bicyclic) bond motifs is 1. The number of carbonyl (C=O) groups is 1. The molecule has 1 aliphatic carbocycles. The summed E-state index contributed by atoms with van der Waals surface area (Å²) in [4.78, 5) is 14.9. The number of anilines is 1. The van der Waals surface area contributed by atoms with Gasteiger partial charge in [0.2, 0.25) is 5.92 Å². The highest BCUT2D eigenvalue weighted by atomic mass is 19.4. The number of halogens is 5. The largest absolute Gasteiger partial charge is 0.416 e. The van der Waals surface area contributed by atoms with Crippen LogP contribution in [0.4, 0.5) is 27.6 Å². The molecular formula is C29H30F5N5O. The Hall–Kier alpha value is -3.34. The van der Waals surface area contributed by atoms with E-state index < -0.39 is 29.0 Å². The van der Waals surface area contributed by atoms with E-state index in [-0.39, 0.29) is 49.0 Å². The van der Waals surface area contributed by atoms with Gasteiger partial charge in [-0.3, -0.25) is 4.79 Å². The van der Waals surface area contributed by atoms with E-state index in [1.807, 2.05) is 6.92 Å². The summed E-state index contributed by atoms with van der Waals surface area (Å²) in [7, 11) is 1.74. The molecule has 3 heterocycles. The van der Waals surface area contributed by atoms with Crippen molar-refractivity contribution in [2.75, 3.05) is 4.90 Å². The summed E-state index contributed by atoms with van der Waals surface area (Å²) in [5.74, 6) is -2.80. The van der Waals surface area contributed by atoms with Crippen LogP contribution in [0.3, 0.4) is 0 Å². The first kappa shape index (κ1) is 26.9. The number of aromatic nitrogens is 3. The lowest BCUT2D eigenvalue weighted by Crippen LogP contribution is -2.51. The first-order chi connectivity index (χ1) is 18.9. The minimum Gasteiger partial charge on any atom is -0.321 e. The van der Waals surface area contributed by atoms with E-state index in [4.69, 9.17) is 0 Å². The van der Waals surface area contributed by atoms with Crippen LogP contribution in [-0.4, -0.2) is 32.6 Å². The van der Waals surface area contributed by atoms with Gasteiger partial charge in [-0.05, 0) is 60.2 Å². The molecule has 3 aromatic rings. The number of rotatable bonds is 6. The maximum atomic E-state index is 14.2. The van der Waals surface area contributed by atoms with E-state index in [2.05, 4.69) is 15.5 Å². The second-order valence-corrected chi connectivity index (χ2v) is 11.5. The van der Waals surface area contributed by atoms with Crippen LogP contribution in [0.5, 0.6) is 0 Å². The molecule has 2 atom stereocenters. The van der Waals surface area contributed by atoms with Gasteiger partial charge in [-0.1, -0.05) is 19.1 Å². The standard InChI is InChI=1S/C29H30F5N5O/c1-3-19-7-8-24(36-19)17-9-21-22(23(10-17)29(32,33)34)13-39(26(21)40)20-6-4-5-18(11-20)27(14-28(30,31)15-27)12-25-37-35-16-38(25)2/h4-6,9-11,16,19,24,36H,3,7-8,12-15H2,1-2H3/t19-,24+/m0/s1. The van der Waals surface area contributed by atoms with E-state index in [1.165, 1.54) is 17.3 Å². The van der Waals surface area contributed by atoms with Crippen LogP contribution in [0, 0.1) is 0 Å². The number of benzene rings is 2. The summed E-state index contributed by atoms with van der Waals surface area (Å²) in [5, 5.41) is 11.3. The monoisotopic (exact) mass is 559 g/mol. The van der Waals surface area contributed by atoms with Crippen LogP contribution in [-0.2, 0) is 31.6 Å². The third kappa shape index (κ3) is 4.57. The average molecular weight is 560 g/mol. The second-order valence-electron chi connectivity index (χ2n) is 11.5. The lowest BCUT2D eigenvalue weighted by Gasteiger charge is -2.48. The van der Waals surface area contributed by atoms with Gasteiger partial charge in [0, 0.05) is 55.1 Å². The maximum Gasteiger partial charge on any atom is 0.416 e. The van der Waals surface area contributed by atoms with Crippen molar-refractivity contribution in [3.63, 3.8) is 0 Å². The Morgan fingerprint density at radius 1 is 1.12 bits per heavy atom. The number of carbonyl (C=O) groups excluding carboxylic acids is 1. The highest BCUT2D eigenvalue weighted by Gasteiger charge is 2.57. The van der Waals surface area contributed by atoms with Crippen LogP contribution in [0.25, 0.3) is 0 Å². The van der Waals surface area contributed by atoms with Gasteiger partial charge in [0.1, 0.15) is 12.2 Å². The maximum absolute atomic E-state index is 14.2. The summed E-state index contributed by atoms with van der Waals surface area (Å²) < 4.78 is 72.9. The minimum atomic E-state index is -4.63. The predicted octanol–water partition coefficient (Wildman–Crippen LogP) is 6.11. The molecule has 2 aromatic carbocycles. The lowest BCUT2D eigenvalue weighted by atomic mass is 9.60. The zero-order valence-corrected chi connectivity index (χ0v) is 22.2. The topological polar surface area (TPSA) is 63.1 Å². The SMILES string of the molecule is CC[C@H]1CC[C@H](c2cc3c(c(C(F)(F)F)c2)CN(c2cccc(C4(Cc5nncn5C)CC(F)(F)C4)c2)C3=O)N1. The first-order valence-corrected chi connectivity index (χ1v) is 13.5. The van der Waals surface area contributed by atoms with Crippen molar-refractivity contribution in [1.29, 1.82) is 0 Å². The third-order valence-electron chi connectivity index (χ3n) is 8.77. The van der Waals surface area contributed by atoms with Crippen molar-refractivity contribution in [1.82, 2.24) is 20.1 Å². The molecule has 3 aliphatic rings. The molecule has 2 fully saturated rings. The van der Waals surface area contributed by atoms with Crippen LogP contribution in [0.15, 0.2) is 42.7 Å². The van der Waals surface area contributed by atoms with Gasteiger partial charge in [0.25, 0.3) is 5.91 Å². The molecule has 1 saturated carbocycles. The van der Waals surface area contributed by atoms with E-state index in [1.54, 1.807) is 41.9 Å². The molecule has 0 unspecified atom stereocenters. The summed E-state index contributed by atoms with van der Waals surface area (Å²) in [6, 6.07) is 9.45. The van der Waals surface area contributed by atoms with Gasteiger partial charge in [-0.2, -0.15) is 13.2 Å². The Morgan fingerprint density at radius 2 is 1.90 bits per heavy atom. The van der Waals surface area contributed by atoms with Crippen molar-refractivity contribution in [3.05, 3.63) is 76.4 Å². The molecule has 1 amide bonds. The Morgan fingerprint density at radius 3 is 2.52 bits per heavy atom. The van der Waals surface area contributed by atoms with Crippen LogP contribution >= 0.6 is 0 Å². The van der Waals surface area contributed by atoms with Crippen molar-refractivity contribution in [2.45, 2.75) is 81.6 Å². The molecule has 1 saturated heterocycles.